The van der Waals surface area contributed by atoms with Gasteiger partial charge in [-0.25, -0.2) is 29.1 Å². The number of carbonyl (C=O) groups is 4. The number of hydrogen-bond acceptors (Lipinski definition) is 9. The standard InChI is InChI=1S/2C13H17ClN2O4/c1-5-19-11(17)9-8(14)6-7-15-10(9)16-12(18)20-13(2,3)4;1-5-7-6-8(14)9(11(17)18)10(15-7)16-12(19)20-13(2,3)4/h6-7H,5H2,1-4H3,(H,15,16,18);6H,5H2,1-4H3,(H,17,18)(H,15,16,19). The van der Waals surface area contributed by atoms with E-state index in [0.29, 0.717) is 12.1 Å². The Labute approximate surface area is 242 Å². The smallest absolute Gasteiger partial charge is 0.413 e. The first-order valence-electron chi connectivity index (χ1n) is 12.1. The molecule has 2 aromatic rings. The summed E-state index contributed by atoms with van der Waals surface area (Å²) in [5.74, 6) is -2.03. The molecule has 40 heavy (non-hydrogen) atoms. The predicted octanol–water partition coefficient (Wildman–Crippen LogP) is 6.60. The zero-order valence-corrected chi connectivity index (χ0v) is 25.1. The molecule has 0 spiro atoms. The fourth-order valence-corrected chi connectivity index (χ4v) is 3.29. The average Bonchev–Trinajstić information content (AvgIpc) is 2.76. The summed E-state index contributed by atoms with van der Waals surface area (Å²) in [7, 11) is 0. The van der Waals surface area contributed by atoms with Crippen LogP contribution in [0.4, 0.5) is 21.2 Å². The topological polar surface area (TPSA) is 166 Å². The maximum atomic E-state index is 11.8. The molecular formula is C26H34Cl2N4O8. The summed E-state index contributed by atoms with van der Waals surface area (Å²) in [6.07, 6.45) is 0.426. The molecule has 0 saturated heterocycles. The number of amides is 2. The van der Waals surface area contributed by atoms with Gasteiger partial charge in [0.2, 0.25) is 0 Å². The number of aromatic carboxylic acids is 1. The van der Waals surface area contributed by atoms with Gasteiger partial charge in [-0.2, -0.15) is 0 Å². The maximum absolute atomic E-state index is 11.8. The maximum Gasteiger partial charge on any atom is 0.413 e. The second-order valence-corrected chi connectivity index (χ2v) is 10.8. The van der Waals surface area contributed by atoms with Gasteiger partial charge in [0, 0.05) is 11.9 Å². The number of carbonyl (C=O) groups excluding carboxylic acids is 3. The zero-order chi connectivity index (χ0) is 30.8. The third-order valence-electron chi connectivity index (χ3n) is 4.22. The minimum atomic E-state index is -1.27. The summed E-state index contributed by atoms with van der Waals surface area (Å²) in [4.78, 5) is 54.4. The lowest BCUT2D eigenvalue weighted by atomic mass is 10.2. The van der Waals surface area contributed by atoms with Crippen LogP contribution in [0.2, 0.25) is 10.0 Å². The molecular weight excluding hydrogens is 567 g/mol. The lowest BCUT2D eigenvalue weighted by Crippen LogP contribution is -2.28. The summed E-state index contributed by atoms with van der Waals surface area (Å²) in [6, 6.07) is 2.90. The molecule has 0 fully saturated rings. The lowest BCUT2D eigenvalue weighted by Gasteiger charge is -2.20. The molecule has 0 aromatic carbocycles. The van der Waals surface area contributed by atoms with E-state index < -0.39 is 35.3 Å². The number of carboxylic acid groups (broad SMARTS) is 1. The monoisotopic (exact) mass is 600 g/mol. The highest BCUT2D eigenvalue weighted by Crippen LogP contribution is 2.25. The molecule has 0 aliphatic rings. The van der Waals surface area contributed by atoms with E-state index in [4.69, 9.17) is 42.5 Å². The molecule has 0 aliphatic carbocycles. The molecule has 2 aromatic heterocycles. The Balaban J connectivity index is 0.000000400. The second-order valence-electron chi connectivity index (χ2n) is 9.97. The van der Waals surface area contributed by atoms with Gasteiger partial charge in [0.1, 0.15) is 22.3 Å². The Hall–Kier alpha value is -3.64. The number of anilines is 2. The van der Waals surface area contributed by atoms with Crippen LogP contribution in [0.1, 0.15) is 81.8 Å². The van der Waals surface area contributed by atoms with Crippen molar-refractivity contribution in [1.82, 2.24) is 9.97 Å². The third kappa shape index (κ3) is 11.6. The number of nitrogens with one attached hydrogen (secondary N) is 2. The Kier molecular flexibility index (Phi) is 12.6. The summed E-state index contributed by atoms with van der Waals surface area (Å²) in [5, 5.41) is 14.0. The van der Waals surface area contributed by atoms with Crippen LogP contribution in [0.5, 0.6) is 0 Å². The SMILES string of the molecule is CCOC(=O)c1c(Cl)ccnc1NC(=O)OC(C)(C)C.CCc1cc(Cl)c(C(=O)O)c(NC(=O)OC(C)(C)C)n1. The van der Waals surface area contributed by atoms with Crippen molar-refractivity contribution in [3.63, 3.8) is 0 Å². The number of aryl methyl sites for hydroxylation is 1. The van der Waals surface area contributed by atoms with Gasteiger partial charge in [0.05, 0.1) is 16.7 Å². The summed E-state index contributed by atoms with van der Waals surface area (Å²) >= 11 is 11.9. The van der Waals surface area contributed by atoms with Crippen LogP contribution >= 0.6 is 23.2 Å². The Morgan fingerprint density at radius 3 is 1.85 bits per heavy atom. The van der Waals surface area contributed by atoms with E-state index in [9.17, 15) is 19.2 Å². The molecule has 0 radical (unpaired) electrons. The predicted molar refractivity (Wildman–Crippen MR) is 151 cm³/mol. The van der Waals surface area contributed by atoms with E-state index in [1.54, 1.807) is 48.5 Å². The van der Waals surface area contributed by atoms with E-state index >= 15 is 0 Å². The number of aromatic nitrogens is 2. The normalized spacial score (nSPS) is 10.9. The molecule has 12 nitrogen and oxygen atoms in total. The third-order valence-corrected chi connectivity index (χ3v) is 4.83. The molecule has 2 heterocycles. The number of nitrogens with zero attached hydrogens (tertiary/aromatic N) is 2. The van der Waals surface area contributed by atoms with Crippen molar-refractivity contribution in [2.75, 3.05) is 17.2 Å². The van der Waals surface area contributed by atoms with Crippen LogP contribution < -0.4 is 10.6 Å². The fraction of sp³-hybridized carbons (Fsp3) is 0.462. The van der Waals surface area contributed by atoms with Crippen molar-refractivity contribution in [3.8, 4) is 0 Å². The molecule has 14 heteroatoms. The van der Waals surface area contributed by atoms with Crippen LogP contribution in [-0.2, 0) is 20.6 Å². The molecule has 220 valence electrons. The average molecular weight is 601 g/mol. The van der Waals surface area contributed by atoms with Crippen molar-refractivity contribution in [1.29, 1.82) is 0 Å². The van der Waals surface area contributed by atoms with E-state index in [2.05, 4.69) is 20.6 Å². The summed E-state index contributed by atoms with van der Waals surface area (Å²) in [6.45, 7) is 14.0. The summed E-state index contributed by atoms with van der Waals surface area (Å²) in [5.41, 5.74) is -1.03. The van der Waals surface area contributed by atoms with Crippen molar-refractivity contribution < 1.29 is 38.5 Å². The van der Waals surface area contributed by atoms with Crippen LogP contribution in [0.15, 0.2) is 18.3 Å². The molecule has 0 saturated carbocycles. The molecule has 3 N–H and O–H groups in total. The van der Waals surface area contributed by atoms with Gasteiger partial charge in [-0.1, -0.05) is 30.1 Å². The van der Waals surface area contributed by atoms with Gasteiger partial charge in [0.25, 0.3) is 0 Å². The Morgan fingerprint density at radius 1 is 0.875 bits per heavy atom. The van der Waals surface area contributed by atoms with Crippen molar-refractivity contribution in [2.24, 2.45) is 0 Å². The Bertz CT molecular complexity index is 1240. The minimum Gasteiger partial charge on any atom is -0.478 e. The Morgan fingerprint density at radius 2 is 1.40 bits per heavy atom. The molecule has 0 bridgehead atoms. The first-order chi connectivity index (χ1) is 18.4. The van der Waals surface area contributed by atoms with Crippen LogP contribution in [-0.4, -0.2) is 57.0 Å². The number of pyridine rings is 2. The van der Waals surface area contributed by atoms with Gasteiger partial charge in [-0.15, -0.1) is 0 Å². The number of hydrogen-bond donors (Lipinski definition) is 3. The molecule has 0 unspecified atom stereocenters. The van der Waals surface area contributed by atoms with Crippen molar-refractivity contribution >= 4 is 59.0 Å². The quantitative estimate of drug-likeness (QED) is 0.242. The number of carboxylic acids is 1. The van der Waals surface area contributed by atoms with Crippen LogP contribution in [0.25, 0.3) is 0 Å². The zero-order valence-electron chi connectivity index (χ0n) is 23.6. The molecule has 2 amide bonds. The van der Waals surface area contributed by atoms with Gasteiger partial charge in [-0.3, -0.25) is 10.6 Å². The van der Waals surface area contributed by atoms with Crippen molar-refractivity contribution in [2.45, 2.75) is 73.0 Å². The fourth-order valence-electron chi connectivity index (χ4n) is 2.77. The largest absolute Gasteiger partial charge is 0.478 e. The molecule has 0 aliphatic heterocycles. The van der Waals surface area contributed by atoms with Crippen LogP contribution in [0, 0.1) is 0 Å². The van der Waals surface area contributed by atoms with Gasteiger partial charge in [-0.05, 0) is 67.0 Å². The number of esters is 1. The highest BCUT2D eigenvalue weighted by molar-refractivity contribution is 6.34. The molecule has 0 atom stereocenters. The first kappa shape index (κ1) is 34.4. The van der Waals surface area contributed by atoms with Gasteiger partial charge < -0.3 is 19.3 Å². The second kappa shape index (κ2) is 14.7. The number of rotatable bonds is 6. The number of ether oxygens (including phenoxy) is 3. The van der Waals surface area contributed by atoms with Crippen LogP contribution in [0.3, 0.4) is 0 Å². The summed E-state index contributed by atoms with van der Waals surface area (Å²) < 4.78 is 15.0. The van der Waals surface area contributed by atoms with Gasteiger partial charge in [0.15, 0.2) is 11.6 Å². The van der Waals surface area contributed by atoms with E-state index in [1.807, 2.05) is 6.92 Å². The van der Waals surface area contributed by atoms with E-state index in [0.717, 1.165) is 0 Å². The first-order valence-corrected chi connectivity index (χ1v) is 12.9. The van der Waals surface area contributed by atoms with Gasteiger partial charge >= 0.3 is 24.1 Å². The lowest BCUT2D eigenvalue weighted by molar-refractivity contribution is 0.0525. The van der Waals surface area contributed by atoms with E-state index in [-0.39, 0.29) is 39.4 Å². The highest BCUT2D eigenvalue weighted by atomic mass is 35.5. The molecule has 2 rings (SSSR count). The van der Waals surface area contributed by atoms with Crippen molar-refractivity contribution in [3.05, 3.63) is 45.2 Å². The highest BCUT2D eigenvalue weighted by Gasteiger charge is 2.24. The van der Waals surface area contributed by atoms with E-state index in [1.165, 1.54) is 18.3 Å². The number of halogens is 2. The minimum absolute atomic E-state index is 0.00174.